The van der Waals surface area contributed by atoms with Gasteiger partial charge in [0.05, 0.1) is 6.42 Å². The maximum atomic E-state index is 12.6. The minimum Gasteiger partial charge on any atom is -0.481 e. The number of hydrogen-bond acceptors (Lipinski definition) is 2. The minimum atomic E-state index is -0.849. The SMILES string of the molecule is CC(C)CN(C(=O)N(CCC(=O)O)C1CC1)C(C)C. The van der Waals surface area contributed by atoms with E-state index < -0.39 is 5.97 Å². The fourth-order valence-corrected chi connectivity index (χ4v) is 2.10. The highest BCUT2D eigenvalue weighted by Gasteiger charge is 2.35. The summed E-state index contributed by atoms with van der Waals surface area (Å²) in [6.45, 7) is 9.21. The summed E-state index contributed by atoms with van der Waals surface area (Å²) >= 11 is 0. The van der Waals surface area contributed by atoms with Gasteiger partial charge in [0.25, 0.3) is 0 Å². The summed E-state index contributed by atoms with van der Waals surface area (Å²) in [6.07, 6.45) is 2.02. The van der Waals surface area contributed by atoms with E-state index in [9.17, 15) is 9.59 Å². The number of carbonyl (C=O) groups is 2. The Hall–Kier alpha value is -1.26. The first-order valence-corrected chi connectivity index (χ1v) is 7.12. The molecule has 0 heterocycles. The lowest BCUT2D eigenvalue weighted by Crippen LogP contribution is -2.49. The van der Waals surface area contributed by atoms with Crippen LogP contribution in [0.4, 0.5) is 4.79 Å². The molecule has 1 rings (SSSR count). The van der Waals surface area contributed by atoms with Gasteiger partial charge in [-0.2, -0.15) is 0 Å². The van der Waals surface area contributed by atoms with Crippen LogP contribution in [-0.4, -0.2) is 52.1 Å². The van der Waals surface area contributed by atoms with Crippen molar-refractivity contribution in [2.24, 2.45) is 5.92 Å². The van der Waals surface area contributed by atoms with Gasteiger partial charge in [0.15, 0.2) is 0 Å². The Balaban J connectivity index is 2.69. The van der Waals surface area contributed by atoms with Crippen LogP contribution >= 0.6 is 0 Å². The number of urea groups is 1. The van der Waals surface area contributed by atoms with E-state index in [1.165, 1.54) is 0 Å². The fourth-order valence-electron chi connectivity index (χ4n) is 2.10. The van der Waals surface area contributed by atoms with Crippen LogP contribution < -0.4 is 0 Å². The number of aliphatic carboxylic acids is 1. The summed E-state index contributed by atoms with van der Waals surface area (Å²) in [6, 6.07) is 0.383. The summed E-state index contributed by atoms with van der Waals surface area (Å²) < 4.78 is 0. The van der Waals surface area contributed by atoms with E-state index in [0.717, 1.165) is 12.8 Å². The zero-order valence-corrected chi connectivity index (χ0v) is 12.4. The lowest BCUT2D eigenvalue weighted by Gasteiger charge is -2.34. The molecule has 0 spiro atoms. The van der Waals surface area contributed by atoms with Crippen molar-refractivity contribution < 1.29 is 14.7 Å². The molecule has 0 radical (unpaired) electrons. The first-order chi connectivity index (χ1) is 8.82. The van der Waals surface area contributed by atoms with Crippen molar-refractivity contribution in [2.45, 2.75) is 59.0 Å². The van der Waals surface area contributed by atoms with E-state index in [0.29, 0.717) is 19.0 Å². The second kappa shape index (κ2) is 6.78. The molecule has 0 saturated heterocycles. The van der Waals surface area contributed by atoms with Gasteiger partial charge < -0.3 is 14.9 Å². The largest absolute Gasteiger partial charge is 0.481 e. The topological polar surface area (TPSA) is 60.9 Å². The third-order valence-corrected chi connectivity index (χ3v) is 3.23. The first-order valence-electron chi connectivity index (χ1n) is 7.12. The number of carboxylic acid groups (broad SMARTS) is 1. The predicted octanol–water partition coefficient (Wildman–Crippen LogP) is 2.41. The molecule has 1 fully saturated rings. The molecule has 0 aromatic carbocycles. The fraction of sp³-hybridized carbons (Fsp3) is 0.857. The Kier molecular flexibility index (Phi) is 5.63. The lowest BCUT2D eigenvalue weighted by molar-refractivity contribution is -0.137. The maximum absolute atomic E-state index is 12.6. The Morgan fingerprint density at radius 2 is 1.79 bits per heavy atom. The first kappa shape index (κ1) is 15.8. The Morgan fingerprint density at radius 1 is 1.21 bits per heavy atom. The number of carboxylic acids is 1. The monoisotopic (exact) mass is 270 g/mol. The summed E-state index contributed by atoms with van der Waals surface area (Å²) in [5.41, 5.74) is 0. The summed E-state index contributed by atoms with van der Waals surface area (Å²) in [5.74, 6) is -0.440. The van der Waals surface area contributed by atoms with E-state index in [1.807, 2.05) is 18.7 Å². The average Bonchev–Trinajstić information content (AvgIpc) is 3.09. The number of amides is 2. The smallest absolute Gasteiger partial charge is 0.320 e. The molecule has 0 atom stereocenters. The van der Waals surface area contributed by atoms with Gasteiger partial charge in [0.1, 0.15) is 0 Å². The van der Waals surface area contributed by atoms with Crippen LogP contribution in [-0.2, 0) is 4.79 Å². The second-order valence-electron chi connectivity index (χ2n) is 5.99. The van der Waals surface area contributed by atoms with Gasteiger partial charge in [-0.3, -0.25) is 4.79 Å². The number of hydrogen-bond donors (Lipinski definition) is 1. The van der Waals surface area contributed by atoms with Crippen LogP contribution in [0.3, 0.4) is 0 Å². The summed E-state index contributed by atoms with van der Waals surface area (Å²) in [4.78, 5) is 26.9. The quantitative estimate of drug-likeness (QED) is 0.772. The van der Waals surface area contributed by atoms with E-state index in [4.69, 9.17) is 5.11 Å². The van der Waals surface area contributed by atoms with Crippen molar-refractivity contribution >= 4 is 12.0 Å². The summed E-state index contributed by atoms with van der Waals surface area (Å²) in [5, 5.41) is 8.79. The van der Waals surface area contributed by atoms with Crippen LogP contribution in [0.15, 0.2) is 0 Å². The third kappa shape index (κ3) is 5.09. The van der Waals surface area contributed by atoms with Crippen molar-refractivity contribution in [2.75, 3.05) is 13.1 Å². The number of rotatable bonds is 7. The molecular weight excluding hydrogens is 244 g/mol. The summed E-state index contributed by atoms with van der Waals surface area (Å²) in [7, 11) is 0. The van der Waals surface area contributed by atoms with Gasteiger partial charge in [-0.05, 0) is 32.6 Å². The third-order valence-electron chi connectivity index (χ3n) is 3.23. The minimum absolute atomic E-state index is 0.00699. The van der Waals surface area contributed by atoms with Crippen molar-refractivity contribution in [3.63, 3.8) is 0 Å². The van der Waals surface area contributed by atoms with Crippen LogP contribution in [0.2, 0.25) is 0 Å². The molecule has 0 aliphatic heterocycles. The second-order valence-corrected chi connectivity index (χ2v) is 5.99. The van der Waals surface area contributed by atoms with Crippen molar-refractivity contribution in [3.05, 3.63) is 0 Å². The molecule has 0 bridgehead atoms. The molecule has 1 aliphatic rings. The molecular formula is C14H26N2O3. The molecule has 110 valence electrons. The molecule has 5 nitrogen and oxygen atoms in total. The molecule has 1 saturated carbocycles. The van der Waals surface area contributed by atoms with E-state index in [-0.39, 0.29) is 24.5 Å². The molecule has 1 N–H and O–H groups in total. The highest BCUT2D eigenvalue weighted by atomic mass is 16.4. The highest BCUT2D eigenvalue weighted by Crippen LogP contribution is 2.28. The lowest BCUT2D eigenvalue weighted by atomic mass is 10.2. The molecule has 5 heteroatoms. The Bertz CT molecular complexity index is 325. The van der Waals surface area contributed by atoms with Crippen LogP contribution in [0.1, 0.15) is 47.0 Å². The highest BCUT2D eigenvalue weighted by molar-refractivity contribution is 5.76. The number of carbonyl (C=O) groups excluding carboxylic acids is 1. The van der Waals surface area contributed by atoms with Crippen LogP contribution in [0, 0.1) is 5.92 Å². The van der Waals surface area contributed by atoms with E-state index in [1.54, 1.807) is 4.90 Å². The van der Waals surface area contributed by atoms with Crippen LogP contribution in [0.5, 0.6) is 0 Å². The Morgan fingerprint density at radius 3 is 2.16 bits per heavy atom. The van der Waals surface area contributed by atoms with Gasteiger partial charge >= 0.3 is 12.0 Å². The van der Waals surface area contributed by atoms with Gasteiger partial charge in [-0.25, -0.2) is 4.79 Å². The van der Waals surface area contributed by atoms with Gasteiger partial charge in [-0.1, -0.05) is 13.8 Å². The van der Waals surface area contributed by atoms with Crippen molar-refractivity contribution in [1.82, 2.24) is 9.80 Å². The van der Waals surface area contributed by atoms with E-state index >= 15 is 0 Å². The molecule has 1 aliphatic carbocycles. The van der Waals surface area contributed by atoms with Crippen molar-refractivity contribution in [1.29, 1.82) is 0 Å². The molecule has 2 amide bonds. The maximum Gasteiger partial charge on any atom is 0.320 e. The molecule has 0 unspecified atom stereocenters. The van der Waals surface area contributed by atoms with E-state index in [2.05, 4.69) is 13.8 Å². The molecule has 19 heavy (non-hydrogen) atoms. The van der Waals surface area contributed by atoms with Crippen LogP contribution in [0.25, 0.3) is 0 Å². The Labute approximate surface area is 115 Å². The normalized spacial score (nSPS) is 14.8. The van der Waals surface area contributed by atoms with Crippen molar-refractivity contribution in [3.8, 4) is 0 Å². The van der Waals surface area contributed by atoms with Gasteiger partial charge in [0.2, 0.25) is 0 Å². The van der Waals surface area contributed by atoms with Gasteiger partial charge in [0, 0.05) is 25.2 Å². The predicted molar refractivity (Wildman–Crippen MR) is 74.1 cm³/mol. The number of nitrogens with zero attached hydrogens (tertiary/aromatic N) is 2. The van der Waals surface area contributed by atoms with Gasteiger partial charge in [-0.15, -0.1) is 0 Å². The average molecular weight is 270 g/mol. The zero-order valence-electron chi connectivity index (χ0n) is 12.4. The molecule has 0 aromatic heterocycles. The standard InChI is InChI=1S/C14H26N2O3/c1-10(2)9-16(11(3)4)14(19)15(12-5-6-12)8-7-13(17)18/h10-12H,5-9H2,1-4H3,(H,17,18). The zero-order chi connectivity index (χ0) is 14.6. The molecule has 0 aromatic rings.